The minimum atomic E-state index is -0.319. The lowest BCUT2D eigenvalue weighted by Gasteiger charge is -2.43. The Hall–Kier alpha value is -2.62. The number of nitrogens with one attached hydrogen (secondary N) is 2. The molecule has 0 aromatic heterocycles. The van der Waals surface area contributed by atoms with E-state index in [2.05, 4.69) is 22.8 Å². The molecule has 1 unspecified atom stereocenters. The average Bonchev–Trinajstić information content (AvgIpc) is 2.58. The summed E-state index contributed by atoms with van der Waals surface area (Å²) in [5, 5.41) is 6.15. The minimum absolute atomic E-state index is 0.0344. The van der Waals surface area contributed by atoms with Crippen LogP contribution in [0.3, 0.4) is 0 Å². The van der Waals surface area contributed by atoms with Gasteiger partial charge in [-0.1, -0.05) is 60.2 Å². The van der Waals surface area contributed by atoms with Crippen LogP contribution in [0.25, 0.3) is 0 Å². The molecule has 0 radical (unpaired) electrons. The van der Waals surface area contributed by atoms with E-state index in [0.29, 0.717) is 0 Å². The molecule has 2 aromatic rings. The monoisotopic (exact) mass is 350 g/mol. The molecule has 0 saturated heterocycles. The number of carbonyl (C=O) groups excluding carboxylic acids is 2. The molecule has 0 heterocycles. The van der Waals surface area contributed by atoms with E-state index < -0.39 is 0 Å². The number of carbonyl (C=O) groups is 2. The highest BCUT2D eigenvalue weighted by Gasteiger charge is 2.40. The maximum Gasteiger partial charge on any atom is 0.223 e. The SMILES string of the molecule is CC(=O)NC(CC(=O)NC1(c2ccccc2)CCC1)c1ccc(C)cc1. The van der Waals surface area contributed by atoms with Crippen molar-refractivity contribution in [2.75, 3.05) is 0 Å². The first-order valence-corrected chi connectivity index (χ1v) is 9.19. The lowest BCUT2D eigenvalue weighted by Crippen LogP contribution is -2.51. The third-order valence-corrected chi connectivity index (χ3v) is 5.16. The molecule has 1 fully saturated rings. The molecule has 2 aromatic carbocycles. The summed E-state index contributed by atoms with van der Waals surface area (Å²) in [6.45, 7) is 3.50. The van der Waals surface area contributed by atoms with Gasteiger partial charge in [-0.25, -0.2) is 0 Å². The van der Waals surface area contributed by atoms with Crippen LogP contribution in [-0.4, -0.2) is 11.8 Å². The molecule has 0 aliphatic heterocycles. The highest BCUT2D eigenvalue weighted by Crippen LogP contribution is 2.41. The maximum absolute atomic E-state index is 12.8. The van der Waals surface area contributed by atoms with Crippen LogP contribution in [0.5, 0.6) is 0 Å². The van der Waals surface area contributed by atoms with Crippen LogP contribution in [-0.2, 0) is 15.1 Å². The Morgan fingerprint density at radius 2 is 1.69 bits per heavy atom. The summed E-state index contributed by atoms with van der Waals surface area (Å²) < 4.78 is 0. The van der Waals surface area contributed by atoms with Gasteiger partial charge < -0.3 is 10.6 Å². The van der Waals surface area contributed by atoms with Crippen LogP contribution in [0.15, 0.2) is 54.6 Å². The van der Waals surface area contributed by atoms with Crippen LogP contribution in [0.1, 0.15) is 55.3 Å². The second-order valence-electron chi connectivity index (χ2n) is 7.22. The van der Waals surface area contributed by atoms with Gasteiger partial charge in [0.25, 0.3) is 0 Å². The zero-order valence-corrected chi connectivity index (χ0v) is 15.4. The van der Waals surface area contributed by atoms with Gasteiger partial charge in [-0.05, 0) is 37.3 Å². The van der Waals surface area contributed by atoms with E-state index in [1.54, 1.807) is 0 Å². The first-order chi connectivity index (χ1) is 12.5. The molecule has 4 nitrogen and oxygen atoms in total. The summed E-state index contributed by atoms with van der Waals surface area (Å²) in [5.41, 5.74) is 3.00. The predicted molar refractivity (Wildman–Crippen MR) is 102 cm³/mol. The summed E-state index contributed by atoms with van der Waals surface area (Å²) in [7, 11) is 0. The molecule has 0 bridgehead atoms. The minimum Gasteiger partial charge on any atom is -0.349 e. The summed E-state index contributed by atoms with van der Waals surface area (Å²) in [6.07, 6.45) is 3.26. The molecule has 136 valence electrons. The molecular formula is C22H26N2O2. The van der Waals surface area contributed by atoms with Gasteiger partial charge in [0, 0.05) is 6.92 Å². The van der Waals surface area contributed by atoms with E-state index >= 15 is 0 Å². The number of amides is 2. The summed E-state index contributed by atoms with van der Waals surface area (Å²) >= 11 is 0. The van der Waals surface area contributed by atoms with Gasteiger partial charge in [0.05, 0.1) is 18.0 Å². The van der Waals surface area contributed by atoms with Gasteiger partial charge in [0.1, 0.15) is 0 Å². The van der Waals surface area contributed by atoms with Crippen molar-refractivity contribution in [3.63, 3.8) is 0 Å². The second kappa shape index (κ2) is 7.73. The highest BCUT2D eigenvalue weighted by atomic mass is 16.2. The first kappa shape index (κ1) is 18.2. The first-order valence-electron chi connectivity index (χ1n) is 9.19. The largest absolute Gasteiger partial charge is 0.349 e. The van der Waals surface area contributed by atoms with Crippen molar-refractivity contribution in [1.82, 2.24) is 10.6 Å². The van der Waals surface area contributed by atoms with E-state index in [1.807, 2.05) is 49.4 Å². The molecule has 1 atom stereocenters. The third kappa shape index (κ3) is 4.13. The Balaban J connectivity index is 1.73. The number of benzene rings is 2. The smallest absolute Gasteiger partial charge is 0.223 e. The van der Waals surface area contributed by atoms with Crippen LogP contribution in [0, 0.1) is 6.92 Å². The Morgan fingerprint density at radius 3 is 2.23 bits per heavy atom. The Bertz CT molecular complexity index is 764. The van der Waals surface area contributed by atoms with Gasteiger partial charge in [-0.15, -0.1) is 0 Å². The zero-order chi connectivity index (χ0) is 18.6. The third-order valence-electron chi connectivity index (χ3n) is 5.16. The average molecular weight is 350 g/mol. The Kier molecular flexibility index (Phi) is 5.40. The van der Waals surface area contributed by atoms with Crippen molar-refractivity contribution >= 4 is 11.8 Å². The van der Waals surface area contributed by atoms with Crippen molar-refractivity contribution < 1.29 is 9.59 Å². The molecule has 1 aliphatic carbocycles. The van der Waals surface area contributed by atoms with Crippen LogP contribution in [0.4, 0.5) is 0 Å². The van der Waals surface area contributed by atoms with Crippen molar-refractivity contribution in [1.29, 1.82) is 0 Å². The number of hydrogen-bond acceptors (Lipinski definition) is 2. The Labute approximate surface area is 155 Å². The summed E-state index contributed by atoms with van der Waals surface area (Å²) in [4.78, 5) is 24.4. The second-order valence-corrected chi connectivity index (χ2v) is 7.22. The summed E-state index contributed by atoms with van der Waals surface area (Å²) in [6, 6.07) is 17.8. The van der Waals surface area contributed by atoms with E-state index in [-0.39, 0.29) is 29.8 Å². The molecule has 1 aliphatic rings. The molecule has 2 N–H and O–H groups in total. The lowest BCUT2D eigenvalue weighted by atomic mass is 9.71. The van der Waals surface area contributed by atoms with E-state index in [9.17, 15) is 9.59 Å². The Morgan fingerprint density at radius 1 is 1.04 bits per heavy atom. The van der Waals surface area contributed by atoms with E-state index in [1.165, 1.54) is 6.92 Å². The number of aryl methyl sites for hydroxylation is 1. The lowest BCUT2D eigenvalue weighted by molar-refractivity contribution is -0.125. The zero-order valence-electron chi connectivity index (χ0n) is 15.4. The molecule has 1 saturated carbocycles. The van der Waals surface area contributed by atoms with Gasteiger partial charge in [0.2, 0.25) is 11.8 Å². The normalized spacial score (nSPS) is 16.2. The van der Waals surface area contributed by atoms with Gasteiger partial charge in [0.15, 0.2) is 0 Å². The van der Waals surface area contributed by atoms with Crippen LogP contribution in [0.2, 0.25) is 0 Å². The van der Waals surface area contributed by atoms with Gasteiger partial charge >= 0.3 is 0 Å². The van der Waals surface area contributed by atoms with Crippen LogP contribution < -0.4 is 10.6 Å². The number of rotatable bonds is 6. The van der Waals surface area contributed by atoms with E-state index in [0.717, 1.165) is 36.0 Å². The van der Waals surface area contributed by atoms with Crippen molar-refractivity contribution in [2.24, 2.45) is 0 Å². The van der Waals surface area contributed by atoms with E-state index in [4.69, 9.17) is 0 Å². The van der Waals surface area contributed by atoms with Crippen LogP contribution >= 0.6 is 0 Å². The molecule has 2 amide bonds. The quantitative estimate of drug-likeness (QED) is 0.833. The van der Waals surface area contributed by atoms with Crippen molar-refractivity contribution in [3.05, 3.63) is 71.3 Å². The molecular weight excluding hydrogens is 324 g/mol. The van der Waals surface area contributed by atoms with Gasteiger partial charge in [-0.3, -0.25) is 9.59 Å². The molecule has 3 rings (SSSR count). The fourth-order valence-corrected chi connectivity index (χ4v) is 3.57. The summed E-state index contributed by atoms with van der Waals surface area (Å²) in [5.74, 6) is -0.169. The fourth-order valence-electron chi connectivity index (χ4n) is 3.57. The van der Waals surface area contributed by atoms with Gasteiger partial charge in [-0.2, -0.15) is 0 Å². The topological polar surface area (TPSA) is 58.2 Å². The van der Waals surface area contributed by atoms with Crippen molar-refractivity contribution in [2.45, 2.75) is 51.1 Å². The van der Waals surface area contributed by atoms with Crippen molar-refractivity contribution in [3.8, 4) is 0 Å². The predicted octanol–water partition coefficient (Wildman–Crippen LogP) is 3.76. The highest BCUT2D eigenvalue weighted by molar-refractivity contribution is 5.80. The number of hydrogen-bond donors (Lipinski definition) is 2. The molecule has 26 heavy (non-hydrogen) atoms. The fraction of sp³-hybridized carbons (Fsp3) is 0.364. The maximum atomic E-state index is 12.8. The molecule has 4 heteroatoms. The standard InChI is InChI=1S/C22H26N2O2/c1-16-9-11-18(12-10-16)20(23-17(2)25)15-21(26)24-22(13-6-14-22)19-7-4-3-5-8-19/h3-5,7-12,20H,6,13-15H2,1-2H3,(H,23,25)(H,24,26). The molecule has 0 spiro atoms.